The van der Waals surface area contributed by atoms with Gasteiger partial charge in [-0.2, -0.15) is 20.1 Å². The molecule has 3 N–H and O–H groups in total. The molecule has 2 heterocycles. The number of aromatic nitrogens is 5. The summed E-state index contributed by atoms with van der Waals surface area (Å²) in [7, 11) is 1.67. The number of nitrogens with one attached hydrogen (secondary N) is 1. The van der Waals surface area contributed by atoms with E-state index in [9.17, 15) is 4.79 Å². The molecule has 0 fully saturated rings. The Kier molecular flexibility index (Phi) is 3.55. The van der Waals surface area contributed by atoms with E-state index in [1.54, 1.807) is 7.05 Å². The number of amides is 1. The maximum atomic E-state index is 11.0. The Morgan fingerprint density at radius 2 is 2.26 bits per heavy atom. The Morgan fingerprint density at radius 1 is 1.47 bits per heavy atom. The maximum Gasteiger partial charge on any atom is 0.323 e. The normalized spacial score (nSPS) is 10.2. The molecular formula is C10H13N7O2. The molecule has 19 heavy (non-hydrogen) atoms. The molecule has 1 amide bonds. The molecule has 0 radical (unpaired) electrons. The van der Waals surface area contributed by atoms with E-state index in [1.807, 2.05) is 6.92 Å². The largest absolute Gasteiger partial charge is 0.464 e. The summed E-state index contributed by atoms with van der Waals surface area (Å²) in [5.41, 5.74) is 5.26. The number of primary amides is 1. The minimum absolute atomic E-state index is 0.129. The summed E-state index contributed by atoms with van der Waals surface area (Å²) >= 11 is 0. The molecule has 100 valence electrons. The predicted octanol–water partition coefficient (Wildman–Crippen LogP) is -0.403. The summed E-state index contributed by atoms with van der Waals surface area (Å²) < 4.78 is 6.55. The van der Waals surface area contributed by atoms with Crippen molar-refractivity contribution in [3.05, 3.63) is 18.0 Å². The third-order valence-electron chi connectivity index (χ3n) is 2.15. The van der Waals surface area contributed by atoms with Crippen LogP contribution in [0.3, 0.4) is 0 Å². The summed E-state index contributed by atoms with van der Waals surface area (Å²) in [5.74, 6) is -0.0495. The molecule has 0 unspecified atom stereocenters. The number of carbonyl (C=O) groups excluding carboxylic acids is 1. The monoisotopic (exact) mass is 263 g/mol. The second-order valence-corrected chi connectivity index (χ2v) is 3.43. The van der Waals surface area contributed by atoms with Crippen molar-refractivity contribution in [2.45, 2.75) is 6.92 Å². The lowest BCUT2D eigenvalue weighted by Gasteiger charge is -2.06. The number of carbonyl (C=O) groups is 1. The molecule has 0 aliphatic carbocycles. The van der Waals surface area contributed by atoms with Gasteiger partial charge in [-0.1, -0.05) is 0 Å². The number of rotatable bonds is 5. The molecule has 0 spiro atoms. The van der Waals surface area contributed by atoms with Crippen LogP contribution < -0.4 is 15.8 Å². The summed E-state index contributed by atoms with van der Waals surface area (Å²) in [6.45, 7) is 2.25. The standard InChI is InChI=1S/C10H13N7O2/c1-3-19-10-14-8(12-2)13-9(15-10)17-5-4-6(16-17)7(11)18/h4-5H,3H2,1-2H3,(H2,11,18)(H,12,13,14,15). The smallest absolute Gasteiger partial charge is 0.323 e. The zero-order chi connectivity index (χ0) is 13.8. The SMILES string of the molecule is CCOc1nc(NC)nc(-n2ccc(C(N)=O)n2)n1. The van der Waals surface area contributed by atoms with Crippen LogP contribution in [-0.2, 0) is 0 Å². The number of nitrogens with zero attached hydrogens (tertiary/aromatic N) is 5. The van der Waals surface area contributed by atoms with Crippen LogP contribution in [0.4, 0.5) is 5.95 Å². The van der Waals surface area contributed by atoms with E-state index in [1.165, 1.54) is 16.9 Å². The van der Waals surface area contributed by atoms with Crippen molar-refractivity contribution in [3.63, 3.8) is 0 Å². The predicted molar refractivity (Wildman–Crippen MR) is 66.2 cm³/mol. The fourth-order valence-corrected chi connectivity index (χ4v) is 1.32. The second kappa shape index (κ2) is 5.29. The van der Waals surface area contributed by atoms with Gasteiger partial charge >= 0.3 is 6.01 Å². The Hall–Kier alpha value is -2.71. The summed E-state index contributed by atoms with van der Waals surface area (Å²) in [6.07, 6.45) is 1.53. The highest BCUT2D eigenvalue weighted by Gasteiger charge is 2.11. The van der Waals surface area contributed by atoms with Crippen molar-refractivity contribution in [2.75, 3.05) is 19.0 Å². The van der Waals surface area contributed by atoms with Crippen molar-refractivity contribution in [2.24, 2.45) is 5.73 Å². The minimum Gasteiger partial charge on any atom is -0.464 e. The van der Waals surface area contributed by atoms with Gasteiger partial charge in [-0.15, -0.1) is 0 Å². The first-order valence-corrected chi connectivity index (χ1v) is 5.56. The van der Waals surface area contributed by atoms with Crippen LogP contribution in [0.2, 0.25) is 0 Å². The molecule has 0 aromatic carbocycles. The molecule has 9 nitrogen and oxygen atoms in total. The van der Waals surface area contributed by atoms with Crippen LogP contribution in [0.15, 0.2) is 12.3 Å². The van der Waals surface area contributed by atoms with Crippen LogP contribution in [0.5, 0.6) is 6.01 Å². The van der Waals surface area contributed by atoms with Crippen LogP contribution in [0.25, 0.3) is 5.95 Å². The van der Waals surface area contributed by atoms with Gasteiger partial charge in [0.15, 0.2) is 0 Å². The zero-order valence-electron chi connectivity index (χ0n) is 10.5. The van der Waals surface area contributed by atoms with Gasteiger partial charge in [0.05, 0.1) is 6.61 Å². The van der Waals surface area contributed by atoms with Crippen LogP contribution >= 0.6 is 0 Å². The highest BCUT2D eigenvalue weighted by Crippen LogP contribution is 2.10. The number of anilines is 1. The average molecular weight is 263 g/mol. The molecule has 2 aromatic heterocycles. The first kappa shape index (κ1) is 12.7. The molecule has 2 aromatic rings. The van der Waals surface area contributed by atoms with Gasteiger partial charge < -0.3 is 15.8 Å². The quantitative estimate of drug-likeness (QED) is 0.752. The van der Waals surface area contributed by atoms with E-state index >= 15 is 0 Å². The van der Waals surface area contributed by atoms with E-state index in [4.69, 9.17) is 10.5 Å². The molecule has 2 rings (SSSR count). The first-order valence-electron chi connectivity index (χ1n) is 5.56. The zero-order valence-corrected chi connectivity index (χ0v) is 10.5. The fourth-order valence-electron chi connectivity index (χ4n) is 1.32. The van der Waals surface area contributed by atoms with Crippen molar-refractivity contribution in [3.8, 4) is 12.0 Å². The van der Waals surface area contributed by atoms with Crippen molar-refractivity contribution >= 4 is 11.9 Å². The number of hydrogen-bond acceptors (Lipinski definition) is 7. The molecule has 0 atom stereocenters. The minimum atomic E-state index is -0.619. The third kappa shape index (κ3) is 2.76. The molecule has 0 saturated carbocycles. The third-order valence-corrected chi connectivity index (χ3v) is 2.15. The Balaban J connectivity index is 2.41. The van der Waals surface area contributed by atoms with E-state index in [-0.39, 0.29) is 17.7 Å². The second-order valence-electron chi connectivity index (χ2n) is 3.43. The molecule has 0 aliphatic rings. The highest BCUT2D eigenvalue weighted by molar-refractivity contribution is 5.90. The Bertz CT molecular complexity index is 595. The fraction of sp³-hybridized carbons (Fsp3) is 0.300. The van der Waals surface area contributed by atoms with Gasteiger partial charge in [0.25, 0.3) is 11.9 Å². The topological polar surface area (TPSA) is 121 Å². The molecule has 0 saturated heterocycles. The van der Waals surface area contributed by atoms with Crippen LogP contribution in [0.1, 0.15) is 17.4 Å². The van der Waals surface area contributed by atoms with Gasteiger partial charge in [0, 0.05) is 13.2 Å². The lowest BCUT2D eigenvalue weighted by atomic mass is 10.4. The molecule has 0 aliphatic heterocycles. The van der Waals surface area contributed by atoms with E-state index in [2.05, 4.69) is 25.4 Å². The van der Waals surface area contributed by atoms with Crippen molar-refractivity contribution in [1.29, 1.82) is 0 Å². The van der Waals surface area contributed by atoms with Crippen LogP contribution in [0, 0.1) is 0 Å². The first-order chi connectivity index (χ1) is 9.13. The van der Waals surface area contributed by atoms with Gasteiger partial charge in [-0.05, 0) is 13.0 Å². The van der Waals surface area contributed by atoms with Gasteiger partial charge in [0.2, 0.25) is 5.95 Å². The van der Waals surface area contributed by atoms with Gasteiger partial charge in [-0.3, -0.25) is 4.79 Å². The molecule has 0 bridgehead atoms. The Morgan fingerprint density at radius 3 is 2.84 bits per heavy atom. The van der Waals surface area contributed by atoms with Crippen molar-refractivity contribution in [1.82, 2.24) is 24.7 Å². The highest BCUT2D eigenvalue weighted by atomic mass is 16.5. The number of ether oxygens (including phenoxy) is 1. The number of hydrogen-bond donors (Lipinski definition) is 2. The molecular weight excluding hydrogens is 250 g/mol. The maximum absolute atomic E-state index is 11.0. The van der Waals surface area contributed by atoms with E-state index in [0.717, 1.165) is 0 Å². The Labute approximate surface area is 108 Å². The van der Waals surface area contributed by atoms with Crippen LogP contribution in [-0.4, -0.2) is 44.3 Å². The lowest BCUT2D eigenvalue weighted by molar-refractivity contribution is 0.0995. The van der Waals surface area contributed by atoms with E-state index in [0.29, 0.717) is 12.6 Å². The number of nitrogens with two attached hydrogens (primary N) is 1. The summed E-state index contributed by atoms with van der Waals surface area (Å²) in [6, 6.07) is 1.65. The van der Waals surface area contributed by atoms with Gasteiger partial charge in [-0.25, -0.2) is 4.68 Å². The molecule has 9 heteroatoms. The van der Waals surface area contributed by atoms with E-state index < -0.39 is 5.91 Å². The summed E-state index contributed by atoms with van der Waals surface area (Å²) in [5, 5.41) is 6.75. The summed E-state index contributed by atoms with van der Waals surface area (Å²) in [4.78, 5) is 23.2. The lowest BCUT2D eigenvalue weighted by Crippen LogP contribution is -2.13. The van der Waals surface area contributed by atoms with Gasteiger partial charge in [0.1, 0.15) is 5.69 Å². The van der Waals surface area contributed by atoms with Crippen molar-refractivity contribution < 1.29 is 9.53 Å². The average Bonchev–Trinajstić information content (AvgIpc) is 2.88.